The van der Waals surface area contributed by atoms with Crippen LogP contribution in [0.5, 0.6) is 0 Å². The average molecular weight is 271 g/mol. The molecule has 0 unspecified atom stereocenters. The minimum absolute atomic E-state index is 0.624. The van der Waals surface area contributed by atoms with Gasteiger partial charge in [-0.25, -0.2) is 9.97 Å². The van der Waals surface area contributed by atoms with Crippen LogP contribution in [0.4, 0.5) is 5.95 Å². The predicted octanol–water partition coefficient (Wildman–Crippen LogP) is 2.87. The van der Waals surface area contributed by atoms with E-state index in [2.05, 4.69) is 26.6 Å². The summed E-state index contributed by atoms with van der Waals surface area (Å²) >= 11 is 0. The fraction of sp³-hybridized carbons (Fsp3) is 0.533. The van der Waals surface area contributed by atoms with Crippen molar-refractivity contribution in [3.05, 3.63) is 35.9 Å². The topological polar surface area (TPSA) is 55.6 Å². The number of anilines is 1. The van der Waals surface area contributed by atoms with Gasteiger partial charge < -0.3 is 5.32 Å². The van der Waals surface area contributed by atoms with Gasteiger partial charge in [0.1, 0.15) is 0 Å². The SMILES string of the molecule is Cn1cc(CNc2ncccn2)c(C2CCCCC2)n1. The molecule has 0 amide bonds. The van der Waals surface area contributed by atoms with E-state index in [0.29, 0.717) is 11.9 Å². The van der Waals surface area contributed by atoms with Gasteiger partial charge in [0.15, 0.2) is 0 Å². The maximum Gasteiger partial charge on any atom is 0.222 e. The molecular weight excluding hydrogens is 250 g/mol. The molecule has 1 N–H and O–H groups in total. The zero-order chi connectivity index (χ0) is 13.8. The first-order valence-electron chi connectivity index (χ1n) is 7.36. The van der Waals surface area contributed by atoms with Gasteiger partial charge in [0, 0.05) is 43.7 Å². The molecule has 0 aromatic carbocycles. The van der Waals surface area contributed by atoms with E-state index in [0.717, 1.165) is 6.54 Å². The van der Waals surface area contributed by atoms with Crippen molar-refractivity contribution in [2.75, 3.05) is 5.32 Å². The van der Waals surface area contributed by atoms with E-state index in [1.54, 1.807) is 12.4 Å². The van der Waals surface area contributed by atoms with E-state index in [1.807, 2.05) is 17.8 Å². The van der Waals surface area contributed by atoms with Crippen molar-refractivity contribution in [2.24, 2.45) is 7.05 Å². The maximum atomic E-state index is 4.68. The summed E-state index contributed by atoms with van der Waals surface area (Å²) < 4.78 is 1.92. The van der Waals surface area contributed by atoms with Crippen molar-refractivity contribution in [3.8, 4) is 0 Å². The fourth-order valence-corrected chi connectivity index (χ4v) is 2.98. The van der Waals surface area contributed by atoms with E-state index in [1.165, 1.54) is 43.4 Å². The molecule has 1 aliphatic rings. The Morgan fingerprint density at radius 1 is 1.20 bits per heavy atom. The number of nitrogens with zero attached hydrogens (tertiary/aromatic N) is 4. The molecular formula is C15H21N5. The summed E-state index contributed by atoms with van der Waals surface area (Å²) in [5.74, 6) is 1.30. The Kier molecular flexibility index (Phi) is 3.95. The second-order valence-electron chi connectivity index (χ2n) is 5.47. The Hall–Kier alpha value is -1.91. The number of aryl methyl sites for hydroxylation is 1. The van der Waals surface area contributed by atoms with Crippen LogP contribution in [0.2, 0.25) is 0 Å². The zero-order valence-electron chi connectivity index (χ0n) is 11.9. The minimum atomic E-state index is 0.624. The van der Waals surface area contributed by atoms with E-state index < -0.39 is 0 Å². The highest BCUT2D eigenvalue weighted by atomic mass is 15.3. The largest absolute Gasteiger partial charge is 0.350 e. The number of hydrogen-bond acceptors (Lipinski definition) is 4. The van der Waals surface area contributed by atoms with Crippen LogP contribution < -0.4 is 5.32 Å². The number of rotatable bonds is 4. The molecule has 0 aliphatic heterocycles. The quantitative estimate of drug-likeness (QED) is 0.929. The van der Waals surface area contributed by atoms with E-state index >= 15 is 0 Å². The van der Waals surface area contributed by atoms with E-state index in [4.69, 9.17) is 0 Å². The molecule has 2 aromatic rings. The van der Waals surface area contributed by atoms with Crippen molar-refractivity contribution >= 4 is 5.95 Å². The standard InChI is InChI=1S/C15H21N5/c1-20-11-13(10-18-15-16-8-5-9-17-15)14(19-20)12-6-3-2-4-7-12/h5,8-9,11-12H,2-4,6-7,10H2,1H3,(H,16,17,18). The molecule has 0 saturated heterocycles. The van der Waals surface area contributed by atoms with Gasteiger partial charge in [-0.2, -0.15) is 5.10 Å². The monoisotopic (exact) mass is 271 g/mol. The van der Waals surface area contributed by atoms with Crippen LogP contribution in [0.25, 0.3) is 0 Å². The van der Waals surface area contributed by atoms with Crippen molar-refractivity contribution in [1.29, 1.82) is 0 Å². The van der Waals surface area contributed by atoms with E-state index in [9.17, 15) is 0 Å². The third-order valence-electron chi connectivity index (χ3n) is 3.93. The van der Waals surface area contributed by atoms with Crippen LogP contribution in [-0.2, 0) is 13.6 Å². The molecule has 1 saturated carbocycles. The van der Waals surface area contributed by atoms with Crippen LogP contribution in [0.3, 0.4) is 0 Å². The Morgan fingerprint density at radius 2 is 1.95 bits per heavy atom. The summed E-state index contributed by atoms with van der Waals surface area (Å²) in [5, 5.41) is 7.96. The summed E-state index contributed by atoms with van der Waals surface area (Å²) in [6, 6.07) is 1.82. The first-order chi connectivity index (χ1) is 9.83. The lowest BCUT2D eigenvalue weighted by atomic mass is 9.85. The molecule has 20 heavy (non-hydrogen) atoms. The summed E-state index contributed by atoms with van der Waals surface area (Å²) in [7, 11) is 1.99. The molecule has 2 aromatic heterocycles. The van der Waals surface area contributed by atoms with Crippen LogP contribution in [0.15, 0.2) is 24.7 Å². The number of nitrogens with one attached hydrogen (secondary N) is 1. The molecule has 1 fully saturated rings. The Balaban J connectivity index is 1.72. The van der Waals surface area contributed by atoms with Crippen LogP contribution >= 0.6 is 0 Å². The highest BCUT2D eigenvalue weighted by Gasteiger charge is 2.21. The van der Waals surface area contributed by atoms with Crippen molar-refractivity contribution in [1.82, 2.24) is 19.7 Å². The van der Waals surface area contributed by atoms with Crippen LogP contribution in [0.1, 0.15) is 49.3 Å². The van der Waals surface area contributed by atoms with Gasteiger partial charge in [0.05, 0.1) is 5.69 Å². The summed E-state index contributed by atoms with van der Waals surface area (Å²) in [5.41, 5.74) is 2.53. The predicted molar refractivity (Wildman–Crippen MR) is 78.4 cm³/mol. The third-order valence-corrected chi connectivity index (χ3v) is 3.93. The number of hydrogen-bond donors (Lipinski definition) is 1. The van der Waals surface area contributed by atoms with Crippen LogP contribution in [-0.4, -0.2) is 19.7 Å². The Bertz CT molecular complexity index is 543. The molecule has 2 heterocycles. The lowest BCUT2D eigenvalue weighted by Crippen LogP contribution is -2.10. The van der Waals surface area contributed by atoms with Gasteiger partial charge in [-0.3, -0.25) is 4.68 Å². The van der Waals surface area contributed by atoms with Gasteiger partial charge in [-0.05, 0) is 18.9 Å². The molecule has 0 spiro atoms. The molecule has 3 rings (SSSR count). The smallest absolute Gasteiger partial charge is 0.222 e. The molecule has 106 valence electrons. The molecule has 0 atom stereocenters. The van der Waals surface area contributed by atoms with Gasteiger partial charge in [-0.1, -0.05) is 19.3 Å². The molecule has 5 nitrogen and oxygen atoms in total. The molecule has 0 bridgehead atoms. The van der Waals surface area contributed by atoms with Gasteiger partial charge in [0.2, 0.25) is 5.95 Å². The lowest BCUT2D eigenvalue weighted by Gasteiger charge is -2.21. The molecule has 5 heteroatoms. The average Bonchev–Trinajstić information content (AvgIpc) is 2.88. The van der Waals surface area contributed by atoms with Gasteiger partial charge in [-0.15, -0.1) is 0 Å². The first-order valence-corrected chi connectivity index (χ1v) is 7.36. The molecule has 1 aliphatic carbocycles. The summed E-state index contributed by atoms with van der Waals surface area (Å²) in [6.07, 6.45) is 12.2. The third kappa shape index (κ3) is 2.98. The van der Waals surface area contributed by atoms with E-state index in [-0.39, 0.29) is 0 Å². The van der Waals surface area contributed by atoms with Gasteiger partial charge in [0.25, 0.3) is 0 Å². The Morgan fingerprint density at radius 3 is 2.70 bits per heavy atom. The minimum Gasteiger partial charge on any atom is -0.350 e. The molecule has 0 radical (unpaired) electrons. The second-order valence-corrected chi connectivity index (χ2v) is 5.47. The second kappa shape index (κ2) is 6.03. The van der Waals surface area contributed by atoms with Crippen molar-refractivity contribution in [3.63, 3.8) is 0 Å². The van der Waals surface area contributed by atoms with Crippen molar-refractivity contribution < 1.29 is 0 Å². The first kappa shape index (κ1) is 13.1. The maximum absolute atomic E-state index is 4.68. The summed E-state index contributed by atoms with van der Waals surface area (Å²) in [6.45, 7) is 0.740. The van der Waals surface area contributed by atoms with Crippen molar-refractivity contribution in [2.45, 2.75) is 44.6 Å². The summed E-state index contributed by atoms with van der Waals surface area (Å²) in [4.78, 5) is 8.39. The van der Waals surface area contributed by atoms with Gasteiger partial charge >= 0.3 is 0 Å². The zero-order valence-corrected chi connectivity index (χ0v) is 11.9. The normalized spacial score (nSPS) is 16.2. The fourth-order valence-electron chi connectivity index (χ4n) is 2.98. The lowest BCUT2D eigenvalue weighted by molar-refractivity contribution is 0.432. The highest BCUT2D eigenvalue weighted by molar-refractivity contribution is 5.29. The van der Waals surface area contributed by atoms with Crippen LogP contribution in [0, 0.1) is 0 Å². The highest BCUT2D eigenvalue weighted by Crippen LogP contribution is 2.33. The number of aromatic nitrogens is 4. The Labute approximate surface area is 119 Å².